The Balaban J connectivity index is 1.91. The summed E-state index contributed by atoms with van der Waals surface area (Å²) in [5.74, 6) is 0.782. The van der Waals surface area contributed by atoms with Crippen molar-refractivity contribution in [1.82, 2.24) is 9.38 Å². The molecule has 0 fully saturated rings. The number of phenolic OH excluding ortho intramolecular Hbond substituents is 1. The molecule has 2 aromatic heterocycles. The lowest BCUT2D eigenvalue weighted by Gasteiger charge is -2.04. The van der Waals surface area contributed by atoms with Crippen molar-refractivity contribution in [2.45, 2.75) is 0 Å². The summed E-state index contributed by atoms with van der Waals surface area (Å²) in [4.78, 5) is 9.26. The lowest BCUT2D eigenvalue weighted by Crippen LogP contribution is -1.86. The molecule has 0 atom stereocenters. The number of rotatable bonds is 3. The highest BCUT2D eigenvalue weighted by molar-refractivity contribution is 6.36. The van der Waals surface area contributed by atoms with Crippen LogP contribution < -0.4 is 0 Å². The average Bonchev–Trinajstić information content (AvgIpc) is 2.99. The Morgan fingerprint density at radius 1 is 1.00 bits per heavy atom. The monoisotopic (exact) mass is 381 g/mol. The van der Waals surface area contributed by atoms with Crippen LogP contribution in [0.3, 0.4) is 0 Å². The highest BCUT2D eigenvalue weighted by Gasteiger charge is 2.16. The Bertz CT molecular complexity index is 1140. The third-order valence-electron chi connectivity index (χ3n) is 3.95. The molecule has 26 heavy (non-hydrogen) atoms. The van der Waals surface area contributed by atoms with Gasteiger partial charge in [0.1, 0.15) is 17.1 Å². The number of aromatic hydroxyl groups is 1. The molecule has 0 aliphatic rings. The topological polar surface area (TPSA) is 49.9 Å². The van der Waals surface area contributed by atoms with E-state index in [-0.39, 0.29) is 5.75 Å². The molecule has 4 rings (SSSR count). The van der Waals surface area contributed by atoms with Gasteiger partial charge in [0.25, 0.3) is 0 Å². The summed E-state index contributed by atoms with van der Waals surface area (Å²) in [5.41, 5.74) is 2.75. The minimum Gasteiger partial charge on any atom is -0.507 e. The number of fused-ring (bicyclic) bond motifs is 1. The van der Waals surface area contributed by atoms with Crippen molar-refractivity contribution in [3.8, 4) is 17.0 Å². The van der Waals surface area contributed by atoms with Crippen LogP contribution in [0.15, 0.2) is 71.9 Å². The first kappa shape index (κ1) is 16.6. The molecule has 2 heterocycles. The van der Waals surface area contributed by atoms with Gasteiger partial charge < -0.3 is 5.11 Å². The summed E-state index contributed by atoms with van der Waals surface area (Å²) in [5, 5.41) is 11.0. The first-order valence-electron chi connectivity index (χ1n) is 7.88. The molecule has 2 aromatic carbocycles. The summed E-state index contributed by atoms with van der Waals surface area (Å²) in [6, 6.07) is 18.0. The fraction of sp³-hybridized carbons (Fsp3) is 0. The van der Waals surface area contributed by atoms with E-state index in [9.17, 15) is 5.11 Å². The SMILES string of the molecule is Oc1ccccc1C=Nc1c(-c2ccc(Cl)cc2Cl)nc2ccccn12. The van der Waals surface area contributed by atoms with Crippen LogP contribution in [0.25, 0.3) is 16.9 Å². The van der Waals surface area contributed by atoms with Gasteiger partial charge in [-0.2, -0.15) is 0 Å². The summed E-state index contributed by atoms with van der Waals surface area (Å²) in [6.07, 6.45) is 3.49. The standard InChI is InChI=1S/C20H13Cl2N3O/c21-14-8-9-15(16(22)11-14)19-20(25-10-4-3-7-18(25)24-19)23-12-13-5-1-2-6-17(13)26/h1-12,26H. The molecule has 0 saturated heterocycles. The van der Waals surface area contributed by atoms with Gasteiger partial charge in [0, 0.05) is 28.6 Å². The number of aliphatic imine (C=N–C) groups is 1. The van der Waals surface area contributed by atoms with Crippen molar-refractivity contribution in [2.24, 2.45) is 4.99 Å². The zero-order valence-corrected chi connectivity index (χ0v) is 15.0. The molecule has 0 aliphatic carbocycles. The Morgan fingerprint density at radius 3 is 2.62 bits per heavy atom. The quantitative estimate of drug-likeness (QED) is 0.458. The van der Waals surface area contributed by atoms with E-state index >= 15 is 0 Å². The predicted octanol–water partition coefficient (Wildman–Crippen LogP) is 5.76. The Hall–Kier alpha value is -2.82. The fourth-order valence-electron chi connectivity index (χ4n) is 2.70. The second kappa shape index (κ2) is 6.83. The first-order chi connectivity index (χ1) is 12.6. The lowest BCUT2D eigenvalue weighted by atomic mass is 10.1. The van der Waals surface area contributed by atoms with Crippen LogP contribution in [-0.2, 0) is 0 Å². The van der Waals surface area contributed by atoms with Gasteiger partial charge in [-0.1, -0.05) is 41.4 Å². The maximum absolute atomic E-state index is 9.96. The summed E-state index contributed by atoms with van der Waals surface area (Å²) >= 11 is 12.4. The van der Waals surface area contributed by atoms with Crippen molar-refractivity contribution in [2.75, 3.05) is 0 Å². The molecule has 0 radical (unpaired) electrons. The maximum Gasteiger partial charge on any atom is 0.165 e. The number of nitrogens with zero attached hydrogens (tertiary/aromatic N) is 3. The van der Waals surface area contributed by atoms with Crippen LogP contribution in [-0.4, -0.2) is 20.7 Å². The molecule has 6 heteroatoms. The normalized spacial score (nSPS) is 11.5. The highest BCUT2D eigenvalue weighted by atomic mass is 35.5. The number of hydrogen-bond donors (Lipinski definition) is 1. The third-order valence-corrected chi connectivity index (χ3v) is 4.50. The Kier molecular flexibility index (Phi) is 4.37. The lowest BCUT2D eigenvalue weighted by molar-refractivity contribution is 0.474. The Labute approximate surface area is 160 Å². The third kappa shape index (κ3) is 3.05. The number of halogens is 2. The second-order valence-electron chi connectivity index (χ2n) is 5.65. The smallest absolute Gasteiger partial charge is 0.165 e. The number of benzene rings is 2. The van der Waals surface area contributed by atoms with Gasteiger partial charge in [-0.15, -0.1) is 0 Å². The number of hydrogen-bond acceptors (Lipinski definition) is 3. The second-order valence-corrected chi connectivity index (χ2v) is 6.50. The summed E-state index contributed by atoms with van der Waals surface area (Å²) in [6.45, 7) is 0. The van der Waals surface area contributed by atoms with Crippen LogP contribution in [0.1, 0.15) is 5.56 Å². The van der Waals surface area contributed by atoms with E-state index in [4.69, 9.17) is 23.2 Å². The number of pyridine rings is 1. The molecule has 1 N–H and O–H groups in total. The van der Waals surface area contributed by atoms with Crippen LogP contribution >= 0.6 is 23.2 Å². The van der Waals surface area contributed by atoms with Gasteiger partial charge in [0.05, 0.1) is 5.02 Å². The van der Waals surface area contributed by atoms with Gasteiger partial charge >= 0.3 is 0 Å². The highest BCUT2D eigenvalue weighted by Crippen LogP contribution is 2.36. The van der Waals surface area contributed by atoms with Crippen LogP contribution in [0.4, 0.5) is 5.82 Å². The number of aromatic nitrogens is 2. The van der Waals surface area contributed by atoms with Crippen LogP contribution in [0.2, 0.25) is 10.0 Å². The predicted molar refractivity (Wildman–Crippen MR) is 106 cm³/mol. The molecule has 0 bridgehead atoms. The molecule has 0 spiro atoms. The van der Waals surface area contributed by atoms with Crippen LogP contribution in [0, 0.1) is 0 Å². The van der Waals surface area contributed by atoms with Crippen molar-refractivity contribution >= 4 is 40.9 Å². The zero-order chi connectivity index (χ0) is 18.1. The van der Waals surface area contributed by atoms with Gasteiger partial charge in [0.2, 0.25) is 0 Å². The van der Waals surface area contributed by atoms with Gasteiger partial charge in [0.15, 0.2) is 5.82 Å². The maximum atomic E-state index is 9.96. The van der Waals surface area contributed by atoms with Crippen molar-refractivity contribution in [3.63, 3.8) is 0 Å². The van der Waals surface area contributed by atoms with Crippen molar-refractivity contribution in [1.29, 1.82) is 0 Å². The van der Waals surface area contributed by atoms with E-state index in [0.29, 0.717) is 27.1 Å². The molecular weight excluding hydrogens is 369 g/mol. The van der Waals surface area contributed by atoms with Crippen molar-refractivity contribution < 1.29 is 5.11 Å². The van der Waals surface area contributed by atoms with Gasteiger partial charge in [-0.25, -0.2) is 9.98 Å². The van der Waals surface area contributed by atoms with E-state index in [1.807, 2.05) is 40.9 Å². The van der Waals surface area contributed by atoms with E-state index in [1.54, 1.807) is 36.5 Å². The van der Waals surface area contributed by atoms with Crippen LogP contribution in [0.5, 0.6) is 5.75 Å². The molecule has 0 unspecified atom stereocenters. The van der Waals surface area contributed by atoms with Gasteiger partial charge in [-0.05, 0) is 42.5 Å². The Morgan fingerprint density at radius 2 is 1.81 bits per heavy atom. The fourth-order valence-corrected chi connectivity index (χ4v) is 3.19. The minimum atomic E-state index is 0.163. The van der Waals surface area contributed by atoms with E-state index in [2.05, 4.69) is 9.98 Å². The largest absolute Gasteiger partial charge is 0.507 e. The van der Waals surface area contributed by atoms with E-state index in [0.717, 1.165) is 11.2 Å². The summed E-state index contributed by atoms with van der Waals surface area (Å²) < 4.78 is 1.87. The minimum absolute atomic E-state index is 0.163. The first-order valence-corrected chi connectivity index (χ1v) is 8.63. The molecule has 4 nitrogen and oxygen atoms in total. The zero-order valence-electron chi connectivity index (χ0n) is 13.5. The molecule has 128 valence electrons. The molecule has 0 amide bonds. The van der Waals surface area contributed by atoms with Crippen molar-refractivity contribution in [3.05, 3.63) is 82.5 Å². The number of imidazole rings is 1. The average molecular weight is 382 g/mol. The van der Waals surface area contributed by atoms with E-state index in [1.165, 1.54) is 0 Å². The summed E-state index contributed by atoms with van der Waals surface area (Å²) in [7, 11) is 0. The molecular formula is C20H13Cl2N3O. The van der Waals surface area contributed by atoms with E-state index < -0.39 is 0 Å². The number of para-hydroxylation sites is 1. The molecule has 4 aromatic rings. The molecule has 0 saturated carbocycles. The van der Waals surface area contributed by atoms with Gasteiger partial charge in [-0.3, -0.25) is 4.40 Å². The molecule has 0 aliphatic heterocycles. The number of phenols is 1.